The van der Waals surface area contributed by atoms with Crippen molar-refractivity contribution in [2.24, 2.45) is 0 Å². The van der Waals surface area contributed by atoms with Crippen LogP contribution in [0.1, 0.15) is 5.56 Å². The Balaban J connectivity index is 2.44. The molecule has 0 saturated carbocycles. The summed E-state index contributed by atoms with van der Waals surface area (Å²) in [4.78, 5) is 3.05. The predicted octanol–water partition coefficient (Wildman–Crippen LogP) is 5.52. The standard InChI is InChI=1S/C14H6Cl3N3S/c15-8-2-1-7(6-18)12(3-8)20-13-5-10(17)9(16)4-11(13)19-14(20)21/h1-5H,(H,19,21). The van der Waals surface area contributed by atoms with Gasteiger partial charge in [-0.1, -0.05) is 34.8 Å². The molecule has 3 aromatic rings. The Labute approximate surface area is 140 Å². The zero-order chi connectivity index (χ0) is 15.1. The fraction of sp³-hybridized carbons (Fsp3) is 0. The molecule has 0 bridgehead atoms. The van der Waals surface area contributed by atoms with Crippen LogP contribution in [-0.2, 0) is 0 Å². The van der Waals surface area contributed by atoms with E-state index in [1.807, 2.05) is 0 Å². The summed E-state index contributed by atoms with van der Waals surface area (Å²) in [6.07, 6.45) is 0. The van der Waals surface area contributed by atoms with Crippen LogP contribution >= 0.6 is 47.0 Å². The van der Waals surface area contributed by atoms with Gasteiger partial charge in [0.2, 0.25) is 0 Å². The first kappa shape index (κ1) is 14.4. The summed E-state index contributed by atoms with van der Waals surface area (Å²) < 4.78 is 2.15. The lowest BCUT2D eigenvalue weighted by atomic mass is 10.2. The quantitative estimate of drug-likeness (QED) is 0.585. The third-order valence-electron chi connectivity index (χ3n) is 3.05. The molecule has 0 atom stereocenters. The Morgan fingerprint density at radius 3 is 2.52 bits per heavy atom. The van der Waals surface area contributed by atoms with Gasteiger partial charge in [0.1, 0.15) is 6.07 Å². The van der Waals surface area contributed by atoms with E-state index in [0.29, 0.717) is 31.1 Å². The highest BCUT2D eigenvalue weighted by Gasteiger charge is 2.13. The number of hydrogen-bond donors (Lipinski definition) is 1. The van der Waals surface area contributed by atoms with Gasteiger partial charge in [-0.2, -0.15) is 5.26 Å². The highest BCUT2D eigenvalue weighted by molar-refractivity contribution is 7.71. The van der Waals surface area contributed by atoms with Gasteiger partial charge >= 0.3 is 0 Å². The molecular weight excluding hydrogens is 349 g/mol. The van der Waals surface area contributed by atoms with Crippen LogP contribution in [0.5, 0.6) is 0 Å². The van der Waals surface area contributed by atoms with Gasteiger partial charge in [-0.3, -0.25) is 4.57 Å². The highest BCUT2D eigenvalue weighted by atomic mass is 35.5. The van der Waals surface area contributed by atoms with Crippen LogP contribution in [0.2, 0.25) is 15.1 Å². The van der Waals surface area contributed by atoms with Crippen LogP contribution in [0.4, 0.5) is 0 Å². The van der Waals surface area contributed by atoms with Crippen molar-refractivity contribution in [2.75, 3.05) is 0 Å². The molecule has 1 aromatic heterocycles. The van der Waals surface area contributed by atoms with Crippen LogP contribution < -0.4 is 0 Å². The van der Waals surface area contributed by atoms with Crippen LogP contribution in [0, 0.1) is 16.1 Å². The number of nitrogens with one attached hydrogen (secondary N) is 1. The lowest BCUT2D eigenvalue weighted by Gasteiger charge is -2.08. The fourth-order valence-electron chi connectivity index (χ4n) is 2.13. The predicted molar refractivity (Wildman–Crippen MR) is 88.2 cm³/mol. The van der Waals surface area contributed by atoms with Gasteiger partial charge in [-0.05, 0) is 42.5 Å². The molecule has 0 aliphatic rings. The smallest absolute Gasteiger partial charge is 0.182 e. The zero-order valence-electron chi connectivity index (χ0n) is 10.3. The summed E-state index contributed by atoms with van der Waals surface area (Å²) in [5, 5.41) is 10.6. The Hall–Kier alpha value is -1.51. The molecule has 0 unspecified atom stereocenters. The van der Waals surface area contributed by atoms with Crippen LogP contribution in [0.25, 0.3) is 16.7 Å². The SMILES string of the molecule is N#Cc1ccc(Cl)cc1-n1c(=S)[nH]c2cc(Cl)c(Cl)cc21. The van der Waals surface area contributed by atoms with Crippen molar-refractivity contribution in [3.05, 3.63) is 55.7 Å². The molecule has 3 nitrogen and oxygen atoms in total. The maximum atomic E-state index is 9.27. The minimum Gasteiger partial charge on any atom is -0.330 e. The first-order chi connectivity index (χ1) is 10.0. The fourth-order valence-corrected chi connectivity index (χ4v) is 2.92. The molecule has 0 radical (unpaired) electrons. The molecular formula is C14H6Cl3N3S. The van der Waals surface area contributed by atoms with E-state index in [9.17, 15) is 5.26 Å². The average Bonchev–Trinajstić information content (AvgIpc) is 2.74. The van der Waals surface area contributed by atoms with E-state index in [0.717, 1.165) is 11.0 Å². The minimum absolute atomic E-state index is 0.410. The summed E-state index contributed by atoms with van der Waals surface area (Å²) in [6, 6.07) is 10.5. The topological polar surface area (TPSA) is 44.5 Å². The largest absolute Gasteiger partial charge is 0.330 e. The third-order valence-corrected chi connectivity index (χ3v) is 4.29. The number of benzene rings is 2. The molecule has 104 valence electrons. The molecule has 21 heavy (non-hydrogen) atoms. The highest BCUT2D eigenvalue weighted by Crippen LogP contribution is 2.30. The van der Waals surface area contributed by atoms with Crippen LogP contribution in [0.15, 0.2) is 30.3 Å². The van der Waals surface area contributed by atoms with E-state index in [1.165, 1.54) is 0 Å². The van der Waals surface area contributed by atoms with Crippen molar-refractivity contribution < 1.29 is 0 Å². The van der Waals surface area contributed by atoms with Gasteiger partial charge in [0.05, 0.1) is 32.3 Å². The first-order valence-corrected chi connectivity index (χ1v) is 7.35. The second-order valence-corrected chi connectivity index (χ2v) is 5.96. The third kappa shape index (κ3) is 2.43. The lowest BCUT2D eigenvalue weighted by molar-refractivity contribution is 1.06. The number of aromatic nitrogens is 2. The van der Waals surface area contributed by atoms with E-state index in [1.54, 1.807) is 34.9 Å². The number of fused-ring (bicyclic) bond motifs is 1. The van der Waals surface area contributed by atoms with E-state index < -0.39 is 0 Å². The van der Waals surface area contributed by atoms with Gasteiger partial charge in [-0.15, -0.1) is 0 Å². The Bertz CT molecular complexity index is 966. The monoisotopic (exact) mass is 353 g/mol. The summed E-state index contributed by atoms with van der Waals surface area (Å²) >= 11 is 23.5. The van der Waals surface area contributed by atoms with Crippen molar-refractivity contribution >= 4 is 58.1 Å². The Morgan fingerprint density at radius 2 is 1.81 bits per heavy atom. The molecule has 0 aliphatic heterocycles. The molecule has 1 heterocycles. The number of aromatic amines is 1. The van der Waals surface area contributed by atoms with Crippen molar-refractivity contribution in [1.29, 1.82) is 5.26 Å². The maximum Gasteiger partial charge on any atom is 0.182 e. The molecule has 0 fully saturated rings. The van der Waals surface area contributed by atoms with Gasteiger partial charge in [-0.25, -0.2) is 0 Å². The van der Waals surface area contributed by atoms with Crippen molar-refractivity contribution in [1.82, 2.24) is 9.55 Å². The van der Waals surface area contributed by atoms with Gasteiger partial charge in [0.25, 0.3) is 0 Å². The summed E-state index contributed by atoms with van der Waals surface area (Å²) in [6.45, 7) is 0. The summed E-state index contributed by atoms with van der Waals surface area (Å²) in [5.74, 6) is 0. The van der Waals surface area contributed by atoms with Crippen LogP contribution in [0.3, 0.4) is 0 Å². The van der Waals surface area contributed by atoms with E-state index >= 15 is 0 Å². The zero-order valence-corrected chi connectivity index (χ0v) is 13.4. The summed E-state index contributed by atoms with van der Waals surface area (Å²) in [5.41, 5.74) is 2.52. The maximum absolute atomic E-state index is 9.27. The molecule has 7 heteroatoms. The minimum atomic E-state index is 0.410. The van der Waals surface area contributed by atoms with E-state index in [-0.39, 0.29) is 0 Å². The first-order valence-electron chi connectivity index (χ1n) is 5.81. The number of H-pyrrole nitrogens is 1. The van der Waals surface area contributed by atoms with E-state index in [4.69, 9.17) is 47.0 Å². The molecule has 0 spiro atoms. The summed E-state index contributed by atoms with van der Waals surface area (Å²) in [7, 11) is 0. The van der Waals surface area contributed by atoms with Crippen molar-refractivity contribution in [2.45, 2.75) is 0 Å². The number of nitrogens with zero attached hydrogens (tertiary/aromatic N) is 2. The molecule has 0 amide bonds. The average molecular weight is 355 g/mol. The molecule has 2 aromatic carbocycles. The van der Waals surface area contributed by atoms with Gasteiger partial charge in [0.15, 0.2) is 4.77 Å². The number of imidazole rings is 1. The Morgan fingerprint density at radius 1 is 1.10 bits per heavy atom. The second-order valence-electron chi connectivity index (χ2n) is 4.32. The number of hydrogen-bond acceptors (Lipinski definition) is 2. The van der Waals surface area contributed by atoms with Crippen LogP contribution in [-0.4, -0.2) is 9.55 Å². The molecule has 3 rings (SSSR count). The second kappa shape index (κ2) is 5.36. The van der Waals surface area contributed by atoms with Crippen molar-refractivity contribution in [3.8, 4) is 11.8 Å². The van der Waals surface area contributed by atoms with Gasteiger partial charge in [0, 0.05) is 5.02 Å². The molecule has 0 saturated heterocycles. The molecule has 1 N–H and O–H groups in total. The lowest BCUT2D eigenvalue weighted by Crippen LogP contribution is -1.97. The Kier molecular flexibility index (Phi) is 3.68. The van der Waals surface area contributed by atoms with E-state index in [2.05, 4.69) is 11.1 Å². The number of rotatable bonds is 1. The molecule has 0 aliphatic carbocycles. The number of halogens is 3. The normalized spacial score (nSPS) is 10.8. The number of nitriles is 1. The van der Waals surface area contributed by atoms with Crippen molar-refractivity contribution in [3.63, 3.8) is 0 Å². The van der Waals surface area contributed by atoms with Gasteiger partial charge < -0.3 is 4.98 Å².